The summed E-state index contributed by atoms with van der Waals surface area (Å²) in [7, 11) is 0. The van der Waals surface area contributed by atoms with E-state index in [-0.39, 0.29) is 29.6 Å². The number of rotatable bonds is 5. The molecule has 7 heteroatoms. The van der Waals surface area contributed by atoms with Gasteiger partial charge >= 0.3 is 0 Å². The van der Waals surface area contributed by atoms with Crippen LogP contribution in [0, 0.1) is 0 Å². The Kier molecular flexibility index (Phi) is 7.75. The molecule has 2 aromatic rings. The van der Waals surface area contributed by atoms with Crippen LogP contribution < -0.4 is 5.32 Å². The van der Waals surface area contributed by atoms with Gasteiger partial charge in [-0.15, -0.1) is 24.0 Å². The molecule has 0 aliphatic carbocycles. The van der Waals surface area contributed by atoms with Crippen LogP contribution in [0.2, 0.25) is 0 Å². The van der Waals surface area contributed by atoms with Crippen LogP contribution >= 0.6 is 24.0 Å². The van der Waals surface area contributed by atoms with Crippen LogP contribution in [0.15, 0.2) is 48.5 Å². The fourth-order valence-corrected chi connectivity index (χ4v) is 4.24. The minimum atomic E-state index is 0. The second-order valence-corrected chi connectivity index (χ2v) is 8.25. The topological polar surface area (TPSA) is 52.7 Å². The smallest absolute Gasteiger partial charge is 0.253 e. The number of carbonyl (C=O) groups is 2. The zero-order chi connectivity index (χ0) is 20.2. The van der Waals surface area contributed by atoms with Crippen molar-refractivity contribution in [3.05, 3.63) is 65.2 Å². The Bertz CT molecular complexity index is 883. The quantitative estimate of drug-likeness (QED) is 0.701. The van der Waals surface area contributed by atoms with Gasteiger partial charge in [-0.25, -0.2) is 0 Å². The molecule has 2 heterocycles. The third-order valence-electron chi connectivity index (χ3n) is 5.77. The van der Waals surface area contributed by atoms with Crippen molar-refractivity contribution >= 4 is 41.5 Å². The predicted octanol–water partition coefficient (Wildman–Crippen LogP) is 4.12. The van der Waals surface area contributed by atoms with Crippen LogP contribution in [-0.2, 0) is 11.2 Å². The van der Waals surface area contributed by atoms with Crippen molar-refractivity contribution in [2.24, 2.45) is 0 Å². The van der Waals surface area contributed by atoms with Crippen LogP contribution in [0.3, 0.4) is 0 Å². The number of aryl methyl sites for hydroxylation is 1. The number of nitrogens with zero attached hydrogens (tertiary/aromatic N) is 2. The van der Waals surface area contributed by atoms with E-state index in [1.807, 2.05) is 41.3 Å². The molecule has 0 aromatic heterocycles. The van der Waals surface area contributed by atoms with Crippen LogP contribution in [-0.4, -0.2) is 54.3 Å². The highest BCUT2D eigenvalue weighted by atomic mass is 35.5. The van der Waals surface area contributed by atoms with E-state index in [0.29, 0.717) is 18.4 Å². The zero-order valence-electron chi connectivity index (χ0n) is 16.9. The molecule has 1 fully saturated rings. The fourth-order valence-electron chi connectivity index (χ4n) is 4.00. The number of benzene rings is 2. The number of carbonyl (C=O) groups excluding carboxylic acids is 2. The molecule has 2 amide bonds. The average molecular weight is 448 g/mol. The van der Waals surface area contributed by atoms with Crippen molar-refractivity contribution in [2.75, 3.05) is 38.0 Å². The van der Waals surface area contributed by atoms with Crippen LogP contribution in [0.1, 0.15) is 39.7 Å². The number of amides is 2. The Morgan fingerprint density at radius 3 is 2.50 bits per heavy atom. The molecule has 160 valence electrons. The third-order valence-corrected chi connectivity index (χ3v) is 6.24. The lowest BCUT2D eigenvalue weighted by atomic mass is 10.00. The first kappa shape index (κ1) is 22.6. The van der Waals surface area contributed by atoms with E-state index in [1.54, 1.807) is 0 Å². The molecule has 1 saturated heterocycles. The fraction of sp³-hybridized carbons (Fsp3) is 0.391. The summed E-state index contributed by atoms with van der Waals surface area (Å²) in [5.41, 5.74) is 3.74. The molecule has 0 spiro atoms. The molecule has 0 bridgehead atoms. The first-order valence-electron chi connectivity index (χ1n) is 10.2. The van der Waals surface area contributed by atoms with E-state index >= 15 is 0 Å². The highest BCUT2D eigenvalue weighted by molar-refractivity contribution is 6.20. The summed E-state index contributed by atoms with van der Waals surface area (Å²) in [5, 5.41) is 2.89. The summed E-state index contributed by atoms with van der Waals surface area (Å²) in [6.45, 7) is 4.12. The van der Waals surface area contributed by atoms with Crippen molar-refractivity contribution in [2.45, 2.75) is 24.6 Å². The molecule has 2 aliphatic heterocycles. The van der Waals surface area contributed by atoms with Gasteiger partial charge in [-0.1, -0.05) is 30.3 Å². The van der Waals surface area contributed by atoms with Gasteiger partial charge in [0.15, 0.2) is 0 Å². The van der Waals surface area contributed by atoms with Gasteiger partial charge in [0, 0.05) is 50.4 Å². The molecule has 4 rings (SSSR count). The maximum absolute atomic E-state index is 12.9. The first-order valence-corrected chi connectivity index (χ1v) is 10.7. The van der Waals surface area contributed by atoms with E-state index in [2.05, 4.69) is 22.3 Å². The summed E-state index contributed by atoms with van der Waals surface area (Å²) >= 11 is 6.53. The monoisotopic (exact) mass is 447 g/mol. The maximum Gasteiger partial charge on any atom is 0.253 e. The van der Waals surface area contributed by atoms with E-state index in [0.717, 1.165) is 56.0 Å². The maximum atomic E-state index is 12.9. The Labute approximate surface area is 188 Å². The summed E-state index contributed by atoms with van der Waals surface area (Å²) in [5.74, 6) is 0.114. The van der Waals surface area contributed by atoms with Crippen LogP contribution in [0.5, 0.6) is 0 Å². The molecule has 2 aliphatic rings. The number of hydrogen-bond acceptors (Lipinski definition) is 3. The summed E-state index contributed by atoms with van der Waals surface area (Å²) in [6.07, 6.45) is 2.07. The van der Waals surface area contributed by atoms with Crippen molar-refractivity contribution in [3.8, 4) is 0 Å². The van der Waals surface area contributed by atoms with Gasteiger partial charge in [0.25, 0.3) is 5.91 Å². The first-order chi connectivity index (χ1) is 14.1. The van der Waals surface area contributed by atoms with Crippen molar-refractivity contribution in [1.29, 1.82) is 0 Å². The van der Waals surface area contributed by atoms with Gasteiger partial charge in [-0.05, 0) is 42.2 Å². The number of fused-ring (bicyclic) bond motifs is 1. The predicted molar refractivity (Wildman–Crippen MR) is 123 cm³/mol. The number of hydrogen-bond donors (Lipinski definition) is 1. The van der Waals surface area contributed by atoms with Gasteiger partial charge < -0.3 is 10.2 Å². The number of anilines is 1. The molecular formula is C23H27Cl2N3O2. The van der Waals surface area contributed by atoms with E-state index in [9.17, 15) is 9.59 Å². The third kappa shape index (κ3) is 5.34. The largest absolute Gasteiger partial charge is 0.336 e. The van der Waals surface area contributed by atoms with Gasteiger partial charge in [0.05, 0.1) is 5.38 Å². The minimum absolute atomic E-state index is 0. The van der Waals surface area contributed by atoms with Crippen LogP contribution in [0.4, 0.5) is 5.69 Å². The number of halogens is 2. The molecule has 1 N–H and O–H groups in total. The Balaban J connectivity index is 0.00000256. The second kappa shape index (κ2) is 10.3. The lowest BCUT2D eigenvalue weighted by Gasteiger charge is -2.35. The SMILES string of the molecule is Cl.O=C1CCc2cc(C(=O)N3CCN(CCC(Cl)c4ccccc4)CC3)ccc2N1. The number of piperazine rings is 1. The van der Waals surface area contributed by atoms with Crippen molar-refractivity contribution < 1.29 is 9.59 Å². The van der Waals surface area contributed by atoms with Gasteiger partial charge in [-0.2, -0.15) is 0 Å². The summed E-state index contributed by atoms with van der Waals surface area (Å²) in [4.78, 5) is 28.7. The van der Waals surface area contributed by atoms with E-state index in [4.69, 9.17) is 11.6 Å². The standard InChI is InChI=1S/C23H26ClN3O2.ClH/c24-20(17-4-2-1-3-5-17)10-11-26-12-14-27(15-13-26)23(29)19-6-8-21-18(16-19)7-9-22(28)25-21;/h1-6,8,16,20H,7,9-15H2,(H,25,28);1H. The van der Waals surface area contributed by atoms with Crippen molar-refractivity contribution in [1.82, 2.24) is 9.80 Å². The molecule has 0 radical (unpaired) electrons. The zero-order valence-corrected chi connectivity index (χ0v) is 18.4. The Morgan fingerprint density at radius 2 is 1.77 bits per heavy atom. The highest BCUT2D eigenvalue weighted by Gasteiger charge is 2.24. The van der Waals surface area contributed by atoms with Crippen molar-refractivity contribution in [3.63, 3.8) is 0 Å². The lowest BCUT2D eigenvalue weighted by molar-refractivity contribution is -0.116. The Hall–Kier alpha value is -2.08. The number of nitrogens with one attached hydrogen (secondary N) is 1. The molecule has 1 atom stereocenters. The average Bonchev–Trinajstić information content (AvgIpc) is 2.77. The van der Waals surface area contributed by atoms with E-state index < -0.39 is 0 Å². The van der Waals surface area contributed by atoms with Gasteiger partial charge in [0.1, 0.15) is 0 Å². The summed E-state index contributed by atoms with van der Waals surface area (Å²) in [6, 6.07) is 15.8. The van der Waals surface area contributed by atoms with E-state index in [1.165, 1.54) is 0 Å². The Morgan fingerprint density at radius 1 is 1.03 bits per heavy atom. The molecule has 1 unspecified atom stereocenters. The second-order valence-electron chi connectivity index (χ2n) is 7.72. The minimum Gasteiger partial charge on any atom is -0.336 e. The van der Waals surface area contributed by atoms with Gasteiger partial charge in [-0.3, -0.25) is 14.5 Å². The highest BCUT2D eigenvalue weighted by Crippen LogP contribution is 2.26. The lowest BCUT2D eigenvalue weighted by Crippen LogP contribution is -2.49. The molecule has 2 aromatic carbocycles. The van der Waals surface area contributed by atoms with Gasteiger partial charge in [0.2, 0.25) is 5.91 Å². The van der Waals surface area contributed by atoms with Crippen LogP contribution in [0.25, 0.3) is 0 Å². The summed E-state index contributed by atoms with van der Waals surface area (Å²) < 4.78 is 0. The molecular weight excluding hydrogens is 421 g/mol. The molecule has 30 heavy (non-hydrogen) atoms. The molecule has 5 nitrogen and oxygen atoms in total. The number of alkyl halides is 1. The molecule has 0 saturated carbocycles. The normalized spacial score (nSPS) is 17.5.